The molecule has 0 amide bonds. The Bertz CT molecular complexity index is 646. The average molecular weight is 306 g/mol. The van der Waals surface area contributed by atoms with Crippen molar-refractivity contribution in [1.29, 1.82) is 0 Å². The molecular weight excluding hydrogens is 288 g/mol. The van der Waals surface area contributed by atoms with E-state index in [1.165, 1.54) is 53.7 Å². The van der Waals surface area contributed by atoms with E-state index in [-0.39, 0.29) is 0 Å². The number of nitrogens with two attached hydrogens (primary N) is 1. The van der Waals surface area contributed by atoms with Gasteiger partial charge in [-0.25, -0.2) is 15.8 Å². The van der Waals surface area contributed by atoms with Crippen molar-refractivity contribution in [2.75, 3.05) is 11.2 Å². The lowest BCUT2D eigenvalue weighted by atomic mass is 10.1. The van der Waals surface area contributed by atoms with E-state index in [1.807, 2.05) is 23.1 Å². The summed E-state index contributed by atoms with van der Waals surface area (Å²) in [6, 6.07) is 0. The van der Waals surface area contributed by atoms with Crippen LogP contribution in [0.15, 0.2) is 0 Å². The summed E-state index contributed by atoms with van der Waals surface area (Å²) in [5, 5.41) is 1.62. The van der Waals surface area contributed by atoms with E-state index in [2.05, 4.69) is 5.43 Å². The maximum absolute atomic E-state index is 5.73. The molecule has 4 nitrogen and oxygen atoms in total. The van der Waals surface area contributed by atoms with Gasteiger partial charge in [-0.15, -0.1) is 11.3 Å². The SMILES string of the molecule is NNc1nc(C2CCCCS2)nc2sc3c(c12)CCC3. The molecule has 106 valence electrons. The van der Waals surface area contributed by atoms with Gasteiger partial charge in [0.05, 0.1) is 10.6 Å². The molecule has 3 N–H and O–H groups in total. The van der Waals surface area contributed by atoms with Crippen LogP contribution < -0.4 is 11.3 Å². The molecule has 0 bridgehead atoms. The Balaban J connectivity index is 1.84. The fourth-order valence-corrected chi connectivity index (χ4v) is 5.72. The van der Waals surface area contributed by atoms with Crippen molar-refractivity contribution in [2.24, 2.45) is 5.84 Å². The van der Waals surface area contributed by atoms with Gasteiger partial charge in [0.1, 0.15) is 10.7 Å². The van der Waals surface area contributed by atoms with Gasteiger partial charge in [0.25, 0.3) is 0 Å². The number of hydrogen-bond acceptors (Lipinski definition) is 6. The number of aryl methyl sites for hydroxylation is 2. The first-order valence-corrected chi connectivity index (χ1v) is 9.14. The Hall–Kier alpha value is -0.850. The van der Waals surface area contributed by atoms with E-state index < -0.39 is 0 Å². The monoisotopic (exact) mass is 306 g/mol. The predicted octanol–water partition coefficient (Wildman–Crippen LogP) is 3.42. The van der Waals surface area contributed by atoms with Crippen LogP contribution in [0.5, 0.6) is 0 Å². The lowest BCUT2D eigenvalue weighted by Crippen LogP contribution is -2.13. The second kappa shape index (κ2) is 5.16. The normalized spacial score (nSPS) is 22.1. The Morgan fingerprint density at radius 1 is 1.15 bits per heavy atom. The number of aromatic nitrogens is 2. The highest BCUT2D eigenvalue weighted by Gasteiger charge is 2.25. The zero-order chi connectivity index (χ0) is 13.5. The van der Waals surface area contributed by atoms with Crippen LogP contribution in [0, 0.1) is 0 Å². The summed E-state index contributed by atoms with van der Waals surface area (Å²) >= 11 is 3.82. The van der Waals surface area contributed by atoms with E-state index in [0.717, 1.165) is 22.9 Å². The number of hydrazine groups is 1. The molecule has 1 fully saturated rings. The van der Waals surface area contributed by atoms with Gasteiger partial charge in [0.15, 0.2) is 5.82 Å². The Morgan fingerprint density at radius 3 is 2.90 bits per heavy atom. The summed E-state index contributed by atoms with van der Waals surface area (Å²) in [6.45, 7) is 0. The smallest absolute Gasteiger partial charge is 0.152 e. The molecule has 0 spiro atoms. The van der Waals surface area contributed by atoms with Gasteiger partial charge < -0.3 is 5.43 Å². The van der Waals surface area contributed by atoms with Crippen LogP contribution in [0.2, 0.25) is 0 Å². The molecule has 2 aromatic rings. The number of thiophene rings is 1. The van der Waals surface area contributed by atoms with Gasteiger partial charge in [-0.3, -0.25) is 0 Å². The third-order valence-electron chi connectivity index (χ3n) is 4.19. The number of nitrogens with one attached hydrogen (secondary N) is 1. The first-order valence-electron chi connectivity index (χ1n) is 7.27. The van der Waals surface area contributed by atoms with Crippen molar-refractivity contribution in [1.82, 2.24) is 9.97 Å². The molecule has 2 aromatic heterocycles. The minimum absolute atomic E-state index is 0.442. The highest BCUT2D eigenvalue weighted by Crippen LogP contribution is 2.42. The van der Waals surface area contributed by atoms with Crippen molar-refractivity contribution >= 4 is 39.1 Å². The second-order valence-corrected chi connectivity index (χ2v) is 7.86. The number of nitrogens with zero attached hydrogens (tertiary/aromatic N) is 2. The topological polar surface area (TPSA) is 63.8 Å². The average Bonchev–Trinajstić information content (AvgIpc) is 3.07. The lowest BCUT2D eigenvalue weighted by Gasteiger charge is -2.20. The fraction of sp³-hybridized carbons (Fsp3) is 0.571. The van der Waals surface area contributed by atoms with Crippen molar-refractivity contribution in [2.45, 2.75) is 43.8 Å². The maximum Gasteiger partial charge on any atom is 0.152 e. The van der Waals surface area contributed by atoms with Crippen LogP contribution in [-0.4, -0.2) is 15.7 Å². The van der Waals surface area contributed by atoms with Crippen LogP contribution in [-0.2, 0) is 12.8 Å². The van der Waals surface area contributed by atoms with Crippen LogP contribution in [0.4, 0.5) is 5.82 Å². The number of thioether (sulfide) groups is 1. The highest BCUT2D eigenvalue weighted by atomic mass is 32.2. The largest absolute Gasteiger partial charge is 0.308 e. The molecule has 1 atom stereocenters. The third kappa shape index (κ3) is 2.01. The summed E-state index contributed by atoms with van der Waals surface area (Å²) in [5.74, 6) is 8.74. The van der Waals surface area contributed by atoms with E-state index in [1.54, 1.807) is 0 Å². The Kier molecular flexibility index (Phi) is 3.32. The van der Waals surface area contributed by atoms with E-state index >= 15 is 0 Å². The summed E-state index contributed by atoms with van der Waals surface area (Å²) in [4.78, 5) is 12.2. The van der Waals surface area contributed by atoms with E-state index in [0.29, 0.717) is 5.25 Å². The van der Waals surface area contributed by atoms with E-state index in [9.17, 15) is 0 Å². The standard InChI is InChI=1S/C14H18N4S2/c15-18-13-11-8-4-3-6-9(8)20-14(11)17-12(16-13)10-5-1-2-7-19-10/h10H,1-7,15H2,(H,16,17,18). The summed E-state index contributed by atoms with van der Waals surface area (Å²) < 4.78 is 0. The molecule has 1 saturated heterocycles. The van der Waals surface area contributed by atoms with E-state index in [4.69, 9.17) is 15.8 Å². The minimum Gasteiger partial charge on any atom is -0.308 e. The van der Waals surface area contributed by atoms with Crippen molar-refractivity contribution < 1.29 is 0 Å². The predicted molar refractivity (Wildman–Crippen MR) is 86.3 cm³/mol. The lowest BCUT2D eigenvalue weighted by molar-refractivity contribution is 0.665. The highest BCUT2D eigenvalue weighted by molar-refractivity contribution is 7.99. The van der Waals surface area contributed by atoms with Crippen LogP contribution >= 0.6 is 23.1 Å². The fourth-order valence-electron chi connectivity index (χ4n) is 3.21. The Labute approximate surface area is 126 Å². The molecule has 3 heterocycles. The van der Waals surface area contributed by atoms with Crippen molar-refractivity contribution in [3.63, 3.8) is 0 Å². The molecule has 1 aliphatic carbocycles. The van der Waals surface area contributed by atoms with Crippen LogP contribution in [0.3, 0.4) is 0 Å². The second-order valence-electron chi connectivity index (χ2n) is 5.47. The molecule has 6 heteroatoms. The molecule has 2 aliphatic rings. The van der Waals surface area contributed by atoms with Gasteiger partial charge in [0, 0.05) is 4.88 Å². The summed E-state index contributed by atoms with van der Waals surface area (Å²) in [5.41, 5.74) is 4.24. The van der Waals surface area contributed by atoms with Crippen LogP contribution in [0.25, 0.3) is 10.2 Å². The van der Waals surface area contributed by atoms with Gasteiger partial charge >= 0.3 is 0 Å². The number of anilines is 1. The maximum atomic E-state index is 5.73. The van der Waals surface area contributed by atoms with Gasteiger partial charge in [-0.2, -0.15) is 11.8 Å². The number of rotatable bonds is 2. The summed E-state index contributed by atoms with van der Waals surface area (Å²) in [6.07, 6.45) is 7.37. The summed E-state index contributed by atoms with van der Waals surface area (Å²) in [7, 11) is 0. The van der Waals surface area contributed by atoms with Gasteiger partial charge in [-0.1, -0.05) is 6.42 Å². The van der Waals surface area contributed by atoms with Crippen molar-refractivity contribution in [3.05, 3.63) is 16.3 Å². The quantitative estimate of drug-likeness (QED) is 0.657. The molecule has 0 saturated carbocycles. The molecule has 1 unspecified atom stereocenters. The zero-order valence-corrected chi connectivity index (χ0v) is 12.9. The third-order valence-corrected chi connectivity index (χ3v) is 6.75. The molecule has 4 rings (SSSR count). The molecule has 0 radical (unpaired) electrons. The van der Waals surface area contributed by atoms with Crippen LogP contribution in [0.1, 0.15) is 47.2 Å². The van der Waals surface area contributed by atoms with Crippen molar-refractivity contribution in [3.8, 4) is 0 Å². The number of hydrogen-bond donors (Lipinski definition) is 2. The zero-order valence-electron chi connectivity index (χ0n) is 11.3. The van der Waals surface area contributed by atoms with Gasteiger partial charge in [-0.05, 0) is 43.4 Å². The van der Waals surface area contributed by atoms with Gasteiger partial charge in [0.2, 0.25) is 0 Å². The molecular formula is C14H18N4S2. The molecule has 0 aromatic carbocycles. The molecule has 20 heavy (non-hydrogen) atoms. The number of fused-ring (bicyclic) bond motifs is 3. The first kappa shape index (κ1) is 12.9. The molecule has 1 aliphatic heterocycles. The number of nitrogen functional groups attached to an aromatic ring is 1. The minimum atomic E-state index is 0.442. The Morgan fingerprint density at radius 2 is 2.10 bits per heavy atom. The first-order chi connectivity index (χ1) is 9.86.